The average Bonchev–Trinajstić information content (AvgIpc) is 2.71. The van der Waals surface area contributed by atoms with Gasteiger partial charge in [-0.15, -0.1) is 0 Å². The molecule has 0 aromatic carbocycles. The molecule has 2 heteroatoms. The van der Waals surface area contributed by atoms with Crippen LogP contribution in [0.15, 0.2) is 0 Å². The van der Waals surface area contributed by atoms with E-state index in [4.69, 9.17) is 0 Å². The molecule has 10 heavy (non-hydrogen) atoms. The molecular formula is C8H13NO. The number of hydrogen-bond donors (Lipinski definition) is 1. The molecule has 1 unspecified atom stereocenters. The first kappa shape index (κ1) is 6.35. The Morgan fingerprint density at radius 1 is 1.40 bits per heavy atom. The van der Waals surface area contributed by atoms with E-state index in [0.29, 0.717) is 11.7 Å². The van der Waals surface area contributed by atoms with Gasteiger partial charge in [-0.1, -0.05) is 0 Å². The van der Waals surface area contributed by atoms with Crippen LogP contribution in [0.3, 0.4) is 0 Å². The van der Waals surface area contributed by atoms with E-state index in [2.05, 4.69) is 5.32 Å². The van der Waals surface area contributed by atoms with Gasteiger partial charge in [-0.25, -0.2) is 0 Å². The number of piperidine rings is 1. The second-order valence-corrected chi connectivity index (χ2v) is 3.36. The van der Waals surface area contributed by atoms with Crippen molar-refractivity contribution in [2.75, 3.05) is 13.1 Å². The van der Waals surface area contributed by atoms with Crippen LogP contribution in [0.1, 0.15) is 19.3 Å². The molecule has 1 atom stereocenters. The lowest BCUT2D eigenvalue weighted by atomic mass is 9.93. The minimum Gasteiger partial charge on any atom is -0.316 e. The summed E-state index contributed by atoms with van der Waals surface area (Å²) in [5.74, 6) is 1.63. The zero-order valence-corrected chi connectivity index (χ0v) is 6.10. The Morgan fingerprint density at radius 2 is 2.20 bits per heavy atom. The van der Waals surface area contributed by atoms with Crippen molar-refractivity contribution in [1.82, 2.24) is 5.32 Å². The second kappa shape index (κ2) is 2.35. The highest BCUT2D eigenvalue weighted by molar-refractivity contribution is 5.82. The van der Waals surface area contributed by atoms with Crippen LogP contribution in [-0.4, -0.2) is 18.9 Å². The van der Waals surface area contributed by atoms with E-state index in [1.54, 1.807) is 0 Å². The maximum Gasteiger partial charge on any atom is 0.138 e. The van der Waals surface area contributed by atoms with Gasteiger partial charge in [0.05, 0.1) is 0 Å². The van der Waals surface area contributed by atoms with Crippen molar-refractivity contribution < 1.29 is 4.79 Å². The van der Waals surface area contributed by atoms with Crippen molar-refractivity contribution in [3.05, 3.63) is 0 Å². The second-order valence-electron chi connectivity index (χ2n) is 3.36. The lowest BCUT2D eigenvalue weighted by Gasteiger charge is -2.20. The first-order chi connectivity index (χ1) is 4.88. The topological polar surface area (TPSA) is 29.1 Å². The third kappa shape index (κ3) is 1.08. The predicted molar refractivity (Wildman–Crippen MR) is 38.7 cm³/mol. The van der Waals surface area contributed by atoms with Crippen LogP contribution in [0.25, 0.3) is 0 Å². The highest BCUT2D eigenvalue weighted by Gasteiger charge is 2.36. The highest BCUT2D eigenvalue weighted by Crippen LogP contribution is 2.38. The summed E-state index contributed by atoms with van der Waals surface area (Å²) >= 11 is 0. The fourth-order valence-electron chi connectivity index (χ4n) is 1.70. The summed E-state index contributed by atoms with van der Waals surface area (Å²) in [6, 6.07) is 0. The maximum atomic E-state index is 11.2. The molecule has 1 aliphatic heterocycles. The number of nitrogens with one attached hydrogen (secondary N) is 1. The van der Waals surface area contributed by atoms with E-state index in [-0.39, 0.29) is 0 Å². The van der Waals surface area contributed by atoms with Crippen molar-refractivity contribution in [3.63, 3.8) is 0 Å². The van der Waals surface area contributed by atoms with Crippen molar-refractivity contribution >= 4 is 5.78 Å². The molecule has 0 radical (unpaired) electrons. The number of Topliss-reactive ketones (excluding diaryl/α,β-unsaturated/α-hetero) is 1. The van der Waals surface area contributed by atoms with Gasteiger partial charge in [0.1, 0.15) is 5.78 Å². The number of ketones is 1. The molecule has 1 heterocycles. The first-order valence-electron chi connectivity index (χ1n) is 4.11. The van der Waals surface area contributed by atoms with E-state index >= 15 is 0 Å². The molecular weight excluding hydrogens is 126 g/mol. The van der Waals surface area contributed by atoms with Crippen LogP contribution in [0, 0.1) is 11.8 Å². The van der Waals surface area contributed by atoms with Crippen molar-refractivity contribution in [3.8, 4) is 0 Å². The molecule has 1 saturated heterocycles. The zero-order valence-electron chi connectivity index (χ0n) is 6.10. The van der Waals surface area contributed by atoms with Crippen LogP contribution >= 0.6 is 0 Å². The van der Waals surface area contributed by atoms with Gasteiger partial charge in [0.15, 0.2) is 0 Å². The molecule has 2 nitrogen and oxygen atoms in total. The van der Waals surface area contributed by atoms with Gasteiger partial charge < -0.3 is 5.32 Å². The molecule has 2 aliphatic rings. The summed E-state index contributed by atoms with van der Waals surface area (Å²) in [7, 11) is 0. The molecule has 2 fully saturated rings. The summed E-state index contributed by atoms with van der Waals surface area (Å²) in [5, 5.41) is 3.27. The molecule has 1 N–H and O–H groups in total. The smallest absolute Gasteiger partial charge is 0.138 e. The Balaban J connectivity index is 1.96. The minimum atomic E-state index is 0.383. The summed E-state index contributed by atoms with van der Waals surface area (Å²) < 4.78 is 0. The maximum absolute atomic E-state index is 11.2. The number of carbonyl (C=O) groups excluding carboxylic acids is 1. The van der Waals surface area contributed by atoms with Gasteiger partial charge in [-0.3, -0.25) is 4.79 Å². The lowest BCUT2D eigenvalue weighted by molar-refractivity contribution is -0.124. The average molecular weight is 139 g/mol. The summed E-state index contributed by atoms with van der Waals surface area (Å²) in [5.41, 5.74) is 0. The zero-order chi connectivity index (χ0) is 6.97. The van der Waals surface area contributed by atoms with Crippen LogP contribution in [0.5, 0.6) is 0 Å². The predicted octanol–water partition coefficient (Wildman–Crippen LogP) is 0.575. The van der Waals surface area contributed by atoms with Gasteiger partial charge in [0, 0.05) is 25.4 Å². The first-order valence-corrected chi connectivity index (χ1v) is 4.11. The largest absolute Gasteiger partial charge is 0.316 e. The van der Waals surface area contributed by atoms with Gasteiger partial charge in [-0.05, 0) is 18.8 Å². The summed E-state index contributed by atoms with van der Waals surface area (Å²) in [6.45, 7) is 1.85. The van der Waals surface area contributed by atoms with Crippen LogP contribution in [0.4, 0.5) is 0 Å². The van der Waals surface area contributed by atoms with Crippen LogP contribution < -0.4 is 5.32 Å². The van der Waals surface area contributed by atoms with Crippen LogP contribution in [-0.2, 0) is 4.79 Å². The fourth-order valence-corrected chi connectivity index (χ4v) is 1.70. The van der Waals surface area contributed by atoms with E-state index in [1.807, 2.05) is 0 Å². The van der Waals surface area contributed by atoms with Crippen molar-refractivity contribution in [1.29, 1.82) is 0 Å². The third-order valence-electron chi connectivity index (χ3n) is 2.52. The Labute approximate surface area is 61.0 Å². The SMILES string of the molecule is O=C1CCNCC1C1CC1. The highest BCUT2D eigenvalue weighted by atomic mass is 16.1. The quantitative estimate of drug-likeness (QED) is 0.575. The van der Waals surface area contributed by atoms with Crippen LogP contribution in [0.2, 0.25) is 0 Å². The van der Waals surface area contributed by atoms with Gasteiger partial charge in [-0.2, -0.15) is 0 Å². The Morgan fingerprint density at radius 3 is 2.80 bits per heavy atom. The van der Waals surface area contributed by atoms with E-state index in [0.717, 1.165) is 25.4 Å². The molecule has 1 aliphatic carbocycles. The molecule has 0 spiro atoms. The summed E-state index contributed by atoms with van der Waals surface area (Å²) in [4.78, 5) is 11.2. The number of hydrogen-bond acceptors (Lipinski definition) is 2. The molecule has 0 aromatic heterocycles. The van der Waals surface area contributed by atoms with Gasteiger partial charge >= 0.3 is 0 Å². The Kier molecular flexibility index (Phi) is 1.49. The Bertz CT molecular complexity index is 151. The molecule has 0 bridgehead atoms. The standard InChI is InChI=1S/C8H13NO/c10-8-3-4-9-5-7(8)6-1-2-6/h6-7,9H,1-5H2. The van der Waals surface area contributed by atoms with E-state index < -0.39 is 0 Å². The monoisotopic (exact) mass is 139 g/mol. The summed E-state index contributed by atoms with van der Waals surface area (Å²) in [6.07, 6.45) is 3.34. The number of rotatable bonds is 1. The number of carbonyl (C=O) groups is 1. The van der Waals surface area contributed by atoms with E-state index in [1.165, 1.54) is 12.8 Å². The fraction of sp³-hybridized carbons (Fsp3) is 0.875. The molecule has 0 amide bonds. The third-order valence-corrected chi connectivity index (χ3v) is 2.52. The molecule has 0 aromatic rings. The van der Waals surface area contributed by atoms with Gasteiger partial charge in [0.2, 0.25) is 0 Å². The Hall–Kier alpha value is -0.370. The van der Waals surface area contributed by atoms with Gasteiger partial charge in [0.25, 0.3) is 0 Å². The normalized spacial score (nSPS) is 34.4. The van der Waals surface area contributed by atoms with E-state index in [9.17, 15) is 4.79 Å². The minimum absolute atomic E-state index is 0.383. The van der Waals surface area contributed by atoms with Crippen molar-refractivity contribution in [2.45, 2.75) is 19.3 Å². The van der Waals surface area contributed by atoms with Crippen molar-refractivity contribution in [2.24, 2.45) is 11.8 Å². The molecule has 2 rings (SSSR count). The molecule has 1 saturated carbocycles. The molecule has 56 valence electrons. The lowest BCUT2D eigenvalue weighted by Crippen LogP contribution is -2.37.